The summed E-state index contributed by atoms with van der Waals surface area (Å²) in [7, 11) is 0. The SMILES string of the molecule is Cc1c(C(=O)c2cccc3ccccc23)c2ccccc2n1[C@@H](C)CN1CCOCC1. The van der Waals surface area contributed by atoms with Crippen LogP contribution in [0.25, 0.3) is 21.7 Å². The molecule has 3 aromatic carbocycles. The second kappa shape index (κ2) is 8.29. The molecule has 31 heavy (non-hydrogen) atoms. The van der Waals surface area contributed by atoms with Crippen LogP contribution < -0.4 is 0 Å². The summed E-state index contributed by atoms with van der Waals surface area (Å²) in [6, 6.07) is 22.7. The Morgan fingerprint density at radius 3 is 2.42 bits per heavy atom. The van der Waals surface area contributed by atoms with E-state index in [1.165, 1.54) is 0 Å². The van der Waals surface area contributed by atoms with Crippen molar-refractivity contribution in [1.29, 1.82) is 0 Å². The first-order valence-electron chi connectivity index (χ1n) is 11.1. The summed E-state index contributed by atoms with van der Waals surface area (Å²) < 4.78 is 7.86. The highest BCUT2D eigenvalue weighted by Crippen LogP contribution is 2.32. The van der Waals surface area contributed by atoms with Crippen LogP contribution in [0.2, 0.25) is 0 Å². The van der Waals surface area contributed by atoms with Gasteiger partial charge in [0.2, 0.25) is 0 Å². The molecule has 5 rings (SSSR count). The molecule has 0 spiro atoms. The van der Waals surface area contributed by atoms with Crippen LogP contribution in [0.3, 0.4) is 0 Å². The van der Waals surface area contributed by atoms with Gasteiger partial charge in [-0.2, -0.15) is 0 Å². The molecule has 4 aromatic rings. The summed E-state index contributed by atoms with van der Waals surface area (Å²) in [6.07, 6.45) is 0. The van der Waals surface area contributed by atoms with E-state index in [1.54, 1.807) is 0 Å². The molecular weight excluding hydrogens is 384 g/mol. The number of rotatable bonds is 5. The van der Waals surface area contributed by atoms with Gasteiger partial charge in [-0.15, -0.1) is 0 Å². The number of para-hydroxylation sites is 1. The lowest BCUT2D eigenvalue weighted by Crippen LogP contribution is -2.39. The molecular formula is C27H28N2O2. The summed E-state index contributed by atoms with van der Waals surface area (Å²) in [5.74, 6) is 0.0998. The van der Waals surface area contributed by atoms with Gasteiger partial charge in [0.15, 0.2) is 5.78 Å². The standard InChI is InChI=1S/C27H28N2O2/c1-19(18-28-14-16-31-17-15-28)29-20(2)26(24-11-5-6-13-25(24)29)27(30)23-12-7-9-21-8-3-4-10-22(21)23/h3-13,19H,14-18H2,1-2H3/t19-/m0/s1. The number of hydrogen-bond acceptors (Lipinski definition) is 3. The number of ketones is 1. The first kappa shape index (κ1) is 20.0. The van der Waals surface area contributed by atoms with Crippen molar-refractivity contribution in [2.24, 2.45) is 0 Å². The number of nitrogens with zero attached hydrogens (tertiary/aromatic N) is 2. The van der Waals surface area contributed by atoms with Gasteiger partial charge in [-0.1, -0.05) is 60.7 Å². The quantitative estimate of drug-likeness (QED) is 0.421. The molecule has 0 amide bonds. The maximum Gasteiger partial charge on any atom is 0.196 e. The van der Waals surface area contributed by atoms with Gasteiger partial charge in [0.25, 0.3) is 0 Å². The smallest absolute Gasteiger partial charge is 0.196 e. The molecule has 0 unspecified atom stereocenters. The first-order valence-corrected chi connectivity index (χ1v) is 11.1. The Bertz CT molecular complexity index is 1250. The molecule has 2 heterocycles. The lowest BCUT2D eigenvalue weighted by Gasteiger charge is -2.30. The zero-order valence-electron chi connectivity index (χ0n) is 18.2. The molecule has 0 N–H and O–H groups in total. The molecule has 1 aliphatic heterocycles. The summed E-state index contributed by atoms with van der Waals surface area (Å²) >= 11 is 0. The third-order valence-corrected chi connectivity index (χ3v) is 6.48. The Hall–Kier alpha value is -2.95. The van der Waals surface area contributed by atoms with Crippen molar-refractivity contribution in [2.75, 3.05) is 32.8 Å². The van der Waals surface area contributed by atoms with E-state index < -0.39 is 0 Å². The number of carbonyl (C=O) groups excluding carboxylic acids is 1. The number of aromatic nitrogens is 1. The van der Waals surface area contributed by atoms with Crippen LogP contribution in [0.5, 0.6) is 0 Å². The fourth-order valence-electron chi connectivity index (χ4n) is 5.04. The molecule has 1 fully saturated rings. The summed E-state index contributed by atoms with van der Waals surface area (Å²) in [6.45, 7) is 8.81. The van der Waals surface area contributed by atoms with Gasteiger partial charge in [0.05, 0.1) is 18.8 Å². The van der Waals surface area contributed by atoms with Crippen LogP contribution in [0.4, 0.5) is 0 Å². The molecule has 4 heteroatoms. The van der Waals surface area contributed by atoms with E-state index in [0.717, 1.165) is 71.3 Å². The second-order valence-electron chi connectivity index (χ2n) is 8.47. The minimum atomic E-state index is 0.0998. The van der Waals surface area contributed by atoms with E-state index in [2.05, 4.69) is 53.6 Å². The fourth-order valence-corrected chi connectivity index (χ4v) is 5.04. The average molecular weight is 413 g/mol. The lowest BCUT2D eigenvalue weighted by atomic mass is 9.95. The Morgan fingerprint density at radius 2 is 1.61 bits per heavy atom. The van der Waals surface area contributed by atoms with Crippen molar-refractivity contribution < 1.29 is 9.53 Å². The lowest BCUT2D eigenvalue weighted by molar-refractivity contribution is 0.0327. The molecule has 0 aliphatic carbocycles. The number of carbonyl (C=O) groups is 1. The average Bonchev–Trinajstić information content (AvgIpc) is 3.10. The van der Waals surface area contributed by atoms with E-state index in [1.807, 2.05) is 36.4 Å². The molecule has 0 radical (unpaired) electrons. The molecule has 1 saturated heterocycles. The number of morpholine rings is 1. The number of benzene rings is 3. The zero-order valence-corrected chi connectivity index (χ0v) is 18.2. The first-order chi connectivity index (χ1) is 15.1. The molecule has 0 saturated carbocycles. The van der Waals surface area contributed by atoms with Crippen molar-refractivity contribution in [3.8, 4) is 0 Å². The maximum atomic E-state index is 13.9. The Morgan fingerprint density at radius 1 is 0.935 bits per heavy atom. The maximum absolute atomic E-state index is 13.9. The summed E-state index contributed by atoms with van der Waals surface area (Å²) in [4.78, 5) is 16.3. The third-order valence-electron chi connectivity index (χ3n) is 6.48. The van der Waals surface area contributed by atoms with Crippen LogP contribution in [-0.2, 0) is 4.74 Å². The highest BCUT2D eigenvalue weighted by Gasteiger charge is 2.25. The van der Waals surface area contributed by atoms with Gasteiger partial charge in [0, 0.05) is 47.8 Å². The molecule has 0 bridgehead atoms. The molecule has 4 nitrogen and oxygen atoms in total. The Balaban J connectivity index is 1.61. The third kappa shape index (κ3) is 3.56. The van der Waals surface area contributed by atoms with Crippen molar-refractivity contribution in [3.05, 3.63) is 83.6 Å². The van der Waals surface area contributed by atoms with Gasteiger partial charge >= 0.3 is 0 Å². The van der Waals surface area contributed by atoms with Crippen LogP contribution in [0.15, 0.2) is 66.7 Å². The van der Waals surface area contributed by atoms with Crippen LogP contribution >= 0.6 is 0 Å². The predicted molar refractivity (Wildman–Crippen MR) is 126 cm³/mol. The van der Waals surface area contributed by atoms with E-state index in [-0.39, 0.29) is 11.8 Å². The summed E-state index contributed by atoms with van der Waals surface area (Å²) in [5, 5.41) is 3.13. The van der Waals surface area contributed by atoms with E-state index in [4.69, 9.17) is 4.74 Å². The predicted octanol–water partition coefficient (Wildman–Crippen LogP) is 5.23. The normalized spacial score (nSPS) is 16.1. The molecule has 1 aliphatic rings. The highest BCUT2D eigenvalue weighted by atomic mass is 16.5. The molecule has 1 aromatic heterocycles. The van der Waals surface area contributed by atoms with Gasteiger partial charge in [0.1, 0.15) is 0 Å². The Labute approximate surface area is 183 Å². The molecule has 1 atom stereocenters. The van der Waals surface area contributed by atoms with Crippen LogP contribution in [0, 0.1) is 6.92 Å². The van der Waals surface area contributed by atoms with E-state index in [9.17, 15) is 4.79 Å². The monoisotopic (exact) mass is 412 g/mol. The number of ether oxygens (including phenoxy) is 1. The number of hydrogen-bond donors (Lipinski definition) is 0. The fraction of sp³-hybridized carbons (Fsp3) is 0.296. The van der Waals surface area contributed by atoms with Crippen molar-refractivity contribution in [1.82, 2.24) is 9.47 Å². The number of fused-ring (bicyclic) bond motifs is 2. The van der Waals surface area contributed by atoms with Gasteiger partial charge in [-0.25, -0.2) is 0 Å². The van der Waals surface area contributed by atoms with Gasteiger partial charge < -0.3 is 9.30 Å². The van der Waals surface area contributed by atoms with Gasteiger partial charge in [-0.3, -0.25) is 9.69 Å². The largest absolute Gasteiger partial charge is 0.379 e. The zero-order chi connectivity index (χ0) is 21.4. The van der Waals surface area contributed by atoms with E-state index >= 15 is 0 Å². The second-order valence-corrected chi connectivity index (χ2v) is 8.47. The summed E-state index contributed by atoms with van der Waals surface area (Å²) in [5.41, 5.74) is 3.76. The molecule has 158 valence electrons. The minimum Gasteiger partial charge on any atom is -0.379 e. The van der Waals surface area contributed by atoms with Crippen molar-refractivity contribution in [3.63, 3.8) is 0 Å². The highest BCUT2D eigenvalue weighted by molar-refractivity contribution is 6.22. The van der Waals surface area contributed by atoms with Crippen molar-refractivity contribution >= 4 is 27.5 Å². The van der Waals surface area contributed by atoms with Crippen molar-refractivity contribution in [2.45, 2.75) is 19.9 Å². The topological polar surface area (TPSA) is 34.5 Å². The van der Waals surface area contributed by atoms with Crippen LogP contribution in [-0.4, -0.2) is 48.1 Å². The van der Waals surface area contributed by atoms with Crippen LogP contribution in [0.1, 0.15) is 34.6 Å². The van der Waals surface area contributed by atoms with E-state index in [0.29, 0.717) is 0 Å². The Kier molecular flexibility index (Phi) is 5.34. The van der Waals surface area contributed by atoms with Gasteiger partial charge in [-0.05, 0) is 30.7 Å². The minimum absolute atomic E-state index is 0.0998.